The van der Waals surface area contributed by atoms with Gasteiger partial charge in [-0.15, -0.1) is 0 Å². The summed E-state index contributed by atoms with van der Waals surface area (Å²) in [7, 11) is -5.86. The van der Waals surface area contributed by atoms with Crippen LogP contribution in [0.15, 0.2) is 42.2 Å². The molecule has 2 bridgehead atoms. The van der Waals surface area contributed by atoms with Crippen molar-refractivity contribution in [2.75, 3.05) is 99.8 Å². The Morgan fingerprint density at radius 1 is 0.669 bits per heavy atom. The number of carbonyl (C=O) groups excluding carboxylic acids is 6. The van der Waals surface area contributed by atoms with Gasteiger partial charge in [-0.2, -0.15) is 0 Å². The van der Waals surface area contributed by atoms with Crippen LogP contribution in [0.4, 0.5) is 5.69 Å². The number of amides is 4. The van der Waals surface area contributed by atoms with Crippen molar-refractivity contribution in [1.29, 1.82) is 2.86 Å². The number of methoxy groups -OCH3 is 1. The lowest BCUT2D eigenvalue weighted by Gasteiger charge is -2.37. The van der Waals surface area contributed by atoms with Crippen LogP contribution in [0, 0.1) is 30.2 Å². The number of carbonyl (C=O) groups is 6. The summed E-state index contributed by atoms with van der Waals surface area (Å²) in [4.78, 5) is 96.9. The van der Waals surface area contributed by atoms with E-state index in [1.54, 1.807) is 37.3 Å². The van der Waals surface area contributed by atoms with E-state index < -0.39 is 122 Å². The van der Waals surface area contributed by atoms with Crippen LogP contribution in [0.1, 0.15) is 273 Å². The predicted molar refractivity (Wildman–Crippen MR) is 491 cm³/mol. The first-order chi connectivity index (χ1) is 62.1. The molecule has 10 unspecified atom stereocenters. The van der Waals surface area contributed by atoms with Crippen molar-refractivity contribution in [3.63, 3.8) is 0 Å². The third-order valence-electron chi connectivity index (χ3n) is 21.4. The van der Waals surface area contributed by atoms with Gasteiger partial charge in [-0.3, -0.25) is 37.9 Å². The molecule has 6 N–H and O–H groups in total. The Kier molecular flexibility index (Phi) is 60.7. The minimum absolute atomic E-state index is 0.00232. The first kappa shape index (κ1) is 113. The maximum atomic E-state index is 12.9. The van der Waals surface area contributed by atoms with Crippen LogP contribution in [-0.2, 0) is 107 Å². The molecule has 0 aliphatic carbocycles. The Hall–Kier alpha value is -4.13. The van der Waals surface area contributed by atoms with E-state index in [-0.39, 0.29) is 99.1 Å². The van der Waals surface area contributed by atoms with E-state index in [9.17, 15) is 52.5 Å². The highest BCUT2D eigenvalue weighted by atomic mass is 31.2. The van der Waals surface area contributed by atoms with Crippen molar-refractivity contribution in [3.8, 4) is 0 Å². The molecule has 37 heteroatoms. The molecule has 6 aliphatic rings. The highest BCUT2D eigenvalue weighted by Crippen LogP contribution is 2.53. The summed E-state index contributed by atoms with van der Waals surface area (Å²) in [6, 6.07) is 8.99. The fourth-order valence-corrected chi connectivity index (χ4v) is 18.2. The predicted octanol–water partition coefficient (Wildman–Crippen LogP) is 15.5. The van der Waals surface area contributed by atoms with E-state index in [0.29, 0.717) is 44.2 Å². The van der Waals surface area contributed by atoms with Gasteiger partial charge in [0.15, 0.2) is 7.60 Å². The number of aliphatic hydroxyl groups is 3. The van der Waals surface area contributed by atoms with Gasteiger partial charge in [0.1, 0.15) is 61.5 Å². The average Bonchev–Trinajstić information content (AvgIpc) is 1.54. The fraction of sp³-hybridized carbons (Fsp3) is 0.833. The van der Waals surface area contributed by atoms with E-state index in [4.69, 9.17) is 77.4 Å². The molecule has 1 aromatic carbocycles. The molecule has 4 amide bonds. The van der Waals surface area contributed by atoms with Gasteiger partial charge in [-0.1, -0.05) is 162 Å². The van der Waals surface area contributed by atoms with Crippen molar-refractivity contribution >= 4 is 72.6 Å². The molecule has 127 heavy (non-hydrogen) atoms. The van der Waals surface area contributed by atoms with E-state index >= 15 is 0 Å². The zero-order valence-electron chi connectivity index (χ0n) is 83.8. The number of para-hydroxylation sites is 1. The molecule has 33 nitrogen and oxygen atoms in total. The van der Waals surface area contributed by atoms with Crippen LogP contribution in [0.25, 0.3) is 4.85 Å². The number of esters is 2. The van der Waals surface area contributed by atoms with Gasteiger partial charge in [-0.25, -0.2) is 16.1 Å². The van der Waals surface area contributed by atoms with Gasteiger partial charge < -0.3 is 110 Å². The first-order valence-corrected chi connectivity index (χ1v) is 52.4. The molecular formula is C90H164N5O28P4-. The second kappa shape index (κ2) is 68.0. The second-order valence-corrected chi connectivity index (χ2v) is 40.7. The highest BCUT2D eigenvalue weighted by molar-refractivity contribution is 7.54. The molecule has 7 rings (SSSR count). The molecule has 0 aromatic heterocycles. The number of hydrogen-bond donors (Lipinski definition) is 6. The summed E-state index contributed by atoms with van der Waals surface area (Å²) in [6.07, 6.45) is 18.7. The normalized spacial score (nSPS) is 27.0. The minimum atomic E-state index is -4.51. The molecular weight excluding hydrogens is 1720 g/mol. The van der Waals surface area contributed by atoms with Gasteiger partial charge in [0.25, 0.3) is 8.53 Å². The monoisotopic (exact) mass is 1890 g/mol. The summed E-state index contributed by atoms with van der Waals surface area (Å²) in [5.74, 6) is -1.79. The molecule has 1 aromatic rings. The van der Waals surface area contributed by atoms with Gasteiger partial charge >= 0.3 is 27.1 Å². The molecule has 738 valence electrons. The van der Waals surface area contributed by atoms with Gasteiger partial charge in [0.2, 0.25) is 33.0 Å². The molecule has 6 aliphatic heterocycles. The molecule has 6 heterocycles. The smallest absolute Gasteiger partial charge is 0.327 e. The summed E-state index contributed by atoms with van der Waals surface area (Å²) < 4.78 is 142. The standard InChI is InChI=1S/C31H60N3O5P.C24H48NO7P.C19H19NO7.C10H20O7P2.C4H10.2CH4O/c1-9-10-11-12-13-14-17-20-29(35)33-21-18-15-16-19-23-36-30-27(6)38-28(7)31(30)39-40(37-24-22-32-8)34(25(2)3)26(4)5;1-5-6-7-8-9-10-13-16-22(26)25-17-14-11-12-15-18-30-24-20(2)32-21(23(24)27)19-31-33(4,28)29-3;1-25-13(21)7-8-14(22)26-12-9-11-15-16(17(12)27-11)19(24)20(18(15)23)10-5-3-2-4-6-10;1-7-8(2)16-9(5-6-19(12,13)14)10(7)17-18(4,11)15-3;1-4(2)3;2*1-2/h25-28,30-31H,9-24H2,1-7H3,(H,33,35);20-21,23-24,27H,5-19H2,1-4H3,(H,25,26);2-6,11-12,15-17H,7-9H2,1H3;5-10H,1-4H3,(H2,12,13,14);4H,1-3H3;2*2H,1H3/p-1/b;;;6-5+;;;/t27-,28?,30-,31+,40?;20-,21+,23+,24-,33?;11-,12?,15?,16?,17?;7-,8-,9?,10-,18?;;;/m0110.../s1/i7D;;9D;;;2*2T/tm;;9-,11-,12?,15?,16?,17?;;;;. The van der Waals surface area contributed by atoms with E-state index in [0.717, 1.165) is 101 Å². The molecule has 6 saturated heterocycles. The maximum Gasteiger partial charge on any atom is 0.327 e. The topological polar surface area (TPSA) is 422 Å². The highest BCUT2D eigenvalue weighted by Gasteiger charge is 2.67. The fourth-order valence-electron chi connectivity index (χ4n) is 14.7. The third-order valence-corrected chi connectivity index (χ3v) is 26.7. The van der Waals surface area contributed by atoms with Crippen LogP contribution in [-0.4, -0.2) is 256 Å². The van der Waals surface area contributed by atoms with Gasteiger partial charge in [0.05, 0.1) is 74.6 Å². The number of aliphatic hydroxyl groups excluding tert-OH is 3. The van der Waals surface area contributed by atoms with E-state index in [1.165, 1.54) is 119 Å². The number of unbranched alkanes of at least 4 members (excludes halogenated alkanes) is 18. The van der Waals surface area contributed by atoms with Crippen LogP contribution in [0.5, 0.6) is 0 Å². The maximum absolute atomic E-state index is 12.9. The molecule has 0 saturated carbocycles. The Morgan fingerprint density at radius 2 is 1.16 bits per heavy atom. The largest absolute Gasteiger partial charge is 0.776 e. The Balaban J connectivity index is 0.000000863. The van der Waals surface area contributed by atoms with E-state index in [2.05, 4.69) is 97.4 Å². The lowest BCUT2D eigenvalue weighted by atomic mass is 9.79. The zero-order chi connectivity index (χ0) is 98.8. The summed E-state index contributed by atoms with van der Waals surface area (Å²) >= 11 is 0. The van der Waals surface area contributed by atoms with Crippen LogP contribution in [0.3, 0.4) is 0 Å². The number of rotatable bonds is 54. The van der Waals surface area contributed by atoms with Gasteiger partial charge in [-0.05, 0) is 124 Å². The summed E-state index contributed by atoms with van der Waals surface area (Å²) in [5.41, 5.74) is 0.472. The first-order valence-electron chi connectivity index (χ1n) is 47.7. The molecule has 0 radical (unpaired) electrons. The Morgan fingerprint density at radius 3 is 1.65 bits per heavy atom. The SMILES string of the molecule is CC(C)C.CCCCCCCCCC(=O)NCCCCCCO[C@H]1[C@@H](O)[C@H](COP(C)(=O)OC)O[C@@H]1C.COP(C)(=O)O[C@@H]1C(/C=C/P(=O)([O-])O)O[C@@H](C)[C@@H]1C.[2H]CC1O[C@@H](C)[C@H](OCCCCCCNC(=O)CCCCCCCCC)[C@@H]1OP(OCC[N+]#[C-])N(C(C)C)C(C)C.[2H][C@H]1C(OC(=O)CCC(=O)OC)C2O[C@H]1C1C(=O)N(c3ccccc3)C(=O)C21.[3H]OC.[3H]OC. The summed E-state index contributed by atoms with van der Waals surface area (Å²) in [6.45, 7) is 40.0. The van der Waals surface area contributed by atoms with Crippen molar-refractivity contribution in [3.05, 3.63) is 53.6 Å². The number of hydrogen-bond acceptors (Lipinski definition) is 28. The number of benzene rings is 1. The third kappa shape index (κ3) is 48.1. The van der Waals surface area contributed by atoms with Crippen molar-refractivity contribution in [1.82, 2.24) is 15.3 Å². The van der Waals surface area contributed by atoms with Crippen LogP contribution >= 0.6 is 31.3 Å². The molecule has 6 fully saturated rings. The zero-order valence-corrected chi connectivity index (χ0v) is 83.4. The van der Waals surface area contributed by atoms with E-state index in [1.807, 2.05) is 20.8 Å². The summed E-state index contributed by atoms with van der Waals surface area (Å²) in [5, 5.41) is 23.5. The van der Waals surface area contributed by atoms with Crippen molar-refractivity contribution < 1.29 is 135 Å². The molecule has 0 spiro atoms. The second-order valence-electron chi connectivity index (χ2n) is 33.5. The number of anilines is 1. The lowest BCUT2D eigenvalue weighted by molar-refractivity contribution is -0.189. The van der Waals surface area contributed by atoms with Crippen LogP contribution in [0.2, 0.25) is 0 Å². The quantitative estimate of drug-likeness (QED) is 0.0116. The van der Waals surface area contributed by atoms with Crippen molar-refractivity contribution in [2.45, 2.75) is 368 Å². The minimum Gasteiger partial charge on any atom is -0.776 e. The Bertz CT molecular complexity index is 3490. The van der Waals surface area contributed by atoms with Crippen LogP contribution < -0.4 is 20.4 Å². The Labute approximate surface area is 767 Å². The number of nitrogens with zero attached hydrogens (tertiary/aromatic N) is 3. The number of imide groups is 1. The molecule has 22 atom stereocenters. The van der Waals surface area contributed by atoms with Gasteiger partial charge in [0, 0.05) is 108 Å². The lowest BCUT2D eigenvalue weighted by Crippen LogP contribution is -2.41. The average molecular weight is 1890 g/mol. The number of ether oxygens (including phenoxy) is 8. The number of fused-ring (bicyclic) bond motifs is 5. The van der Waals surface area contributed by atoms with Crippen molar-refractivity contribution in [2.24, 2.45) is 23.7 Å². The number of nitrogens with one attached hydrogen (secondary N) is 2.